The van der Waals surface area contributed by atoms with Crippen molar-refractivity contribution in [2.75, 3.05) is 6.54 Å². The lowest BCUT2D eigenvalue weighted by Gasteiger charge is -2.28. The smallest absolute Gasteiger partial charge is 0.410 e. The minimum absolute atomic E-state index is 0.154. The van der Waals surface area contributed by atoms with Crippen molar-refractivity contribution in [3.05, 3.63) is 0 Å². The first-order valence-electron chi connectivity index (χ1n) is 5.83. The van der Waals surface area contributed by atoms with E-state index in [2.05, 4.69) is 13.8 Å². The van der Waals surface area contributed by atoms with E-state index in [1.807, 2.05) is 25.7 Å². The molecule has 1 aliphatic rings. The third kappa shape index (κ3) is 3.40. The van der Waals surface area contributed by atoms with Crippen LogP contribution in [0.15, 0.2) is 0 Å². The Balaban J connectivity index is 2.59. The Hall–Kier alpha value is -0.730. The SMILES string of the molecule is CCC1C[C@H](C)CN1C(=O)OC(C)(C)C. The highest BCUT2D eigenvalue weighted by atomic mass is 16.6. The third-order valence-electron chi connectivity index (χ3n) is 2.72. The number of carbonyl (C=O) groups excluding carboxylic acids is 1. The second-order valence-corrected chi connectivity index (χ2v) is 5.54. The first-order valence-corrected chi connectivity index (χ1v) is 5.83. The van der Waals surface area contributed by atoms with Crippen LogP contribution in [0.2, 0.25) is 0 Å². The van der Waals surface area contributed by atoms with Gasteiger partial charge in [0.2, 0.25) is 0 Å². The van der Waals surface area contributed by atoms with Gasteiger partial charge in [-0.3, -0.25) is 0 Å². The molecule has 1 fully saturated rings. The molecule has 0 saturated carbocycles. The molecule has 0 spiro atoms. The van der Waals surface area contributed by atoms with E-state index in [9.17, 15) is 4.79 Å². The van der Waals surface area contributed by atoms with Gasteiger partial charge in [-0.05, 0) is 39.5 Å². The van der Waals surface area contributed by atoms with E-state index in [4.69, 9.17) is 4.74 Å². The lowest BCUT2D eigenvalue weighted by atomic mass is 10.1. The van der Waals surface area contributed by atoms with Gasteiger partial charge in [0, 0.05) is 12.6 Å². The Bertz CT molecular complexity index is 232. The molecule has 0 bridgehead atoms. The topological polar surface area (TPSA) is 29.5 Å². The molecule has 0 aromatic heterocycles. The minimum atomic E-state index is -0.388. The van der Waals surface area contributed by atoms with Crippen molar-refractivity contribution in [2.24, 2.45) is 5.92 Å². The molecule has 0 aromatic carbocycles. The first-order chi connectivity index (χ1) is 6.83. The molecule has 2 atom stereocenters. The first kappa shape index (κ1) is 12.3. The van der Waals surface area contributed by atoms with E-state index < -0.39 is 0 Å². The predicted octanol–water partition coefficient (Wildman–Crippen LogP) is 3.04. The van der Waals surface area contributed by atoms with Crippen LogP contribution in [0.5, 0.6) is 0 Å². The van der Waals surface area contributed by atoms with Crippen LogP contribution in [0.1, 0.15) is 47.5 Å². The highest BCUT2D eigenvalue weighted by molar-refractivity contribution is 5.69. The Morgan fingerprint density at radius 2 is 2.07 bits per heavy atom. The maximum absolute atomic E-state index is 11.9. The van der Waals surface area contributed by atoms with Crippen molar-refractivity contribution in [3.8, 4) is 0 Å². The molecule has 15 heavy (non-hydrogen) atoms. The van der Waals surface area contributed by atoms with Crippen LogP contribution in [0, 0.1) is 5.92 Å². The minimum Gasteiger partial charge on any atom is -0.444 e. The van der Waals surface area contributed by atoms with Gasteiger partial charge < -0.3 is 9.64 Å². The van der Waals surface area contributed by atoms with Crippen molar-refractivity contribution in [2.45, 2.75) is 59.1 Å². The number of rotatable bonds is 1. The summed E-state index contributed by atoms with van der Waals surface area (Å²) in [5, 5.41) is 0. The standard InChI is InChI=1S/C12H23NO2/c1-6-10-7-9(2)8-13(10)11(14)15-12(3,4)5/h9-10H,6-8H2,1-5H3/t9-,10?/m0/s1. The Morgan fingerprint density at radius 1 is 1.47 bits per heavy atom. The molecule has 0 aliphatic carbocycles. The highest BCUT2D eigenvalue weighted by Crippen LogP contribution is 2.26. The van der Waals surface area contributed by atoms with Gasteiger partial charge >= 0.3 is 6.09 Å². The molecule has 3 nitrogen and oxygen atoms in total. The number of nitrogens with zero attached hydrogens (tertiary/aromatic N) is 1. The molecular weight excluding hydrogens is 190 g/mol. The molecule has 0 aromatic rings. The molecule has 1 aliphatic heterocycles. The Labute approximate surface area is 92.8 Å². The predicted molar refractivity (Wildman–Crippen MR) is 60.8 cm³/mol. The molecule has 1 rings (SSSR count). The number of hydrogen-bond acceptors (Lipinski definition) is 2. The van der Waals surface area contributed by atoms with Crippen LogP contribution in [0.25, 0.3) is 0 Å². The highest BCUT2D eigenvalue weighted by Gasteiger charge is 2.34. The summed E-state index contributed by atoms with van der Waals surface area (Å²) in [4.78, 5) is 13.8. The van der Waals surface area contributed by atoms with Crippen LogP contribution >= 0.6 is 0 Å². The second kappa shape index (κ2) is 4.42. The van der Waals surface area contributed by atoms with Crippen LogP contribution in [0.4, 0.5) is 4.79 Å². The van der Waals surface area contributed by atoms with Gasteiger partial charge in [0.15, 0.2) is 0 Å². The zero-order valence-corrected chi connectivity index (χ0v) is 10.5. The summed E-state index contributed by atoms with van der Waals surface area (Å²) < 4.78 is 5.39. The average molecular weight is 213 g/mol. The molecule has 0 N–H and O–H groups in total. The van der Waals surface area contributed by atoms with Crippen molar-refractivity contribution in [1.29, 1.82) is 0 Å². The van der Waals surface area contributed by atoms with Gasteiger partial charge in [-0.15, -0.1) is 0 Å². The largest absolute Gasteiger partial charge is 0.444 e. The van der Waals surface area contributed by atoms with Gasteiger partial charge in [0.1, 0.15) is 5.60 Å². The average Bonchev–Trinajstić information content (AvgIpc) is 2.43. The van der Waals surface area contributed by atoms with Crippen LogP contribution in [-0.4, -0.2) is 29.2 Å². The van der Waals surface area contributed by atoms with Crippen LogP contribution in [-0.2, 0) is 4.74 Å². The molecule has 0 radical (unpaired) electrons. The van der Waals surface area contributed by atoms with Crippen molar-refractivity contribution in [1.82, 2.24) is 4.90 Å². The molecule has 3 heteroatoms. The van der Waals surface area contributed by atoms with Crippen LogP contribution in [0.3, 0.4) is 0 Å². The fraction of sp³-hybridized carbons (Fsp3) is 0.917. The monoisotopic (exact) mass is 213 g/mol. The van der Waals surface area contributed by atoms with Crippen LogP contribution < -0.4 is 0 Å². The normalized spacial score (nSPS) is 26.9. The zero-order valence-electron chi connectivity index (χ0n) is 10.5. The fourth-order valence-electron chi connectivity index (χ4n) is 2.08. The van der Waals surface area contributed by atoms with E-state index in [0.29, 0.717) is 12.0 Å². The van der Waals surface area contributed by atoms with Gasteiger partial charge in [-0.25, -0.2) is 4.79 Å². The number of likely N-dealkylation sites (tertiary alicyclic amines) is 1. The lowest BCUT2D eigenvalue weighted by Crippen LogP contribution is -2.39. The molecule has 1 heterocycles. The second-order valence-electron chi connectivity index (χ2n) is 5.54. The summed E-state index contributed by atoms with van der Waals surface area (Å²) in [7, 11) is 0. The summed E-state index contributed by atoms with van der Waals surface area (Å²) in [5.41, 5.74) is -0.388. The maximum atomic E-state index is 11.9. The van der Waals surface area contributed by atoms with Crippen molar-refractivity contribution < 1.29 is 9.53 Å². The fourth-order valence-corrected chi connectivity index (χ4v) is 2.08. The third-order valence-corrected chi connectivity index (χ3v) is 2.72. The zero-order chi connectivity index (χ0) is 11.6. The van der Waals surface area contributed by atoms with Gasteiger partial charge in [-0.2, -0.15) is 0 Å². The molecule has 88 valence electrons. The van der Waals surface area contributed by atoms with E-state index >= 15 is 0 Å². The summed E-state index contributed by atoms with van der Waals surface area (Å²) in [6.45, 7) is 10.9. The Morgan fingerprint density at radius 3 is 2.53 bits per heavy atom. The Kier molecular flexibility index (Phi) is 3.63. The maximum Gasteiger partial charge on any atom is 0.410 e. The molecule has 1 amide bonds. The summed E-state index contributed by atoms with van der Waals surface area (Å²) in [6.07, 6.45) is 1.97. The van der Waals surface area contributed by atoms with Gasteiger partial charge in [0.25, 0.3) is 0 Å². The van der Waals surface area contributed by atoms with E-state index in [1.54, 1.807) is 0 Å². The van der Waals surface area contributed by atoms with Gasteiger partial charge in [-0.1, -0.05) is 13.8 Å². The summed E-state index contributed by atoms with van der Waals surface area (Å²) in [5.74, 6) is 0.600. The number of amides is 1. The molecular formula is C12H23NO2. The summed E-state index contributed by atoms with van der Waals surface area (Å²) in [6, 6.07) is 0.370. The van der Waals surface area contributed by atoms with E-state index in [-0.39, 0.29) is 11.7 Å². The lowest BCUT2D eigenvalue weighted by molar-refractivity contribution is 0.0219. The number of hydrogen-bond donors (Lipinski definition) is 0. The quantitative estimate of drug-likeness (QED) is 0.670. The number of ether oxygens (including phenoxy) is 1. The summed E-state index contributed by atoms with van der Waals surface area (Å²) >= 11 is 0. The molecule has 1 saturated heterocycles. The van der Waals surface area contributed by atoms with Gasteiger partial charge in [0.05, 0.1) is 0 Å². The van der Waals surface area contributed by atoms with E-state index in [0.717, 1.165) is 19.4 Å². The van der Waals surface area contributed by atoms with Crippen molar-refractivity contribution in [3.63, 3.8) is 0 Å². The molecule has 1 unspecified atom stereocenters. The number of carbonyl (C=O) groups is 1. The van der Waals surface area contributed by atoms with Crippen molar-refractivity contribution >= 4 is 6.09 Å². The van der Waals surface area contributed by atoms with E-state index in [1.165, 1.54) is 0 Å².